The van der Waals surface area contributed by atoms with Crippen molar-refractivity contribution >= 4 is 5.91 Å². The molecule has 0 atom stereocenters. The van der Waals surface area contributed by atoms with Crippen LogP contribution in [0.15, 0.2) is 18.2 Å². The van der Waals surface area contributed by atoms with Gasteiger partial charge in [-0.15, -0.1) is 0 Å². The normalized spacial score (nSPS) is 10.8. The molecule has 0 unspecified atom stereocenters. The molecule has 0 aliphatic rings. The molecule has 1 aromatic carbocycles. The van der Waals surface area contributed by atoms with Gasteiger partial charge in [0.2, 0.25) is 0 Å². The van der Waals surface area contributed by atoms with Gasteiger partial charge >= 0.3 is 0 Å². The fraction of sp³-hybridized carbons (Fsp3) is 0.444. The van der Waals surface area contributed by atoms with Crippen molar-refractivity contribution < 1.29 is 9.53 Å². The van der Waals surface area contributed by atoms with Crippen LogP contribution in [0.2, 0.25) is 0 Å². The van der Waals surface area contributed by atoms with Crippen LogP contribution in [0.25, 0.3) is 0 Å². The Bertz CT molecular complexity index is 687. The van der Waals surface area contributed by atoms with Gasteiger partial charge in [-0.3, -0.25) is 4.79 Å². The molecule has 2 rings (SSSR count). The van der Waals surface area contributed by atoms with Crippen LogP contribution in [0.3, 0.4) is 0 Å². The Balaban J connectivity index is 2.13. The summed E-state index contributed by atoms with van der Waals surface area (Å²) in [5, 5.41) is 4.37. The minimum Gasteiger partial charge on any atom is -0.483 e. The first-order valence-electron chi connectivity index (χ1n) is 7.73. The highest BCUT2D eigenvalue weighted by molar-refractivity contribution is 5.80. The van der Waals surface area contributed by atoms with E-state index in [-0.39, 0.29) is 12.5 Å². The molecule has 0 amide bonds. The van der Waals surface area contributed by atoms with Crippen molar-refractivity contribution in [1.82, 2.24) is 9.78 Å². The van der Waals surface area contributed by atoms with Crippen molar-refractivity contribution in [3.05, 3.63) is 46.3 Å². The van der Waals surface area contributed by atoms with Gasteiger partial charge in [0, 0.05) is 5.69 Å². The summed E-state index contributed by atoms with van der Waals surface area (Å²) in [4.78, 5) is 12.4. The number of aryl methyl sites for hydroxylation is 2. The Morgan fingerprint density at radius 1 is 1.23 bits per heavy atom. The molecule has 4 heteroatoms. The van der Waals surface area contributed by atoms with Crippen molar-refractivity contribution in [2.24, 2.45) is 0 Å². The largest absolute Gasteiger partial charge is 0.483 e. The number of benzene rings is 1. The minimum atomic E-state index is -0.135. The molecule has 4 nitrogen and oxygen atoms in total. The number of ether oxygens (including phenoxy) is 1. The molecule has 0 aliphatic heterocycles. The summed E-state index contributed by atoms with van der Waals surface area (Å²) in [5.41, 5.74) is 5.24. The Hall–Kier alpha value is -2.10. The van der Waals surface area contributed by atoms with E-state index in [4.69, 9.17) is 4.74 Å². The van der Waals surface area contributed by atoms with E-state index in [1.807, 2.05) is 45.9 Å². The highest BCUT2D eigenvalue weighted by atomic mass is 16.5. The molecule has 0 saturated heterocycles. The average Bonchev–Trinajstić information content (AvgIpc) is 2.77. The molecule has 0 radical (unpaired) electrons. The van der Waals surface area contributed by atoms with Crippen molar-refractivity contribution in [2.75, 3.05) is 6.61 Å². The fourth-order valence-electron chi connectivity index (χ4n) is 2.61. The minimum absolute atomic E-state index is 0.00216. The summed E-state index contributed by atoms with van der Waals surface area (Å²) in [6.45, 7) is 10.0. The first-order chi connectivity index (χ1) is 10.5. The van der Waals surface area contributed by atoms with Gasteiger partial charge in [0.25, 0.3) is 5.91 Å². The summed E-state index contributed by atoms with van der Waals surface area (Å²) in [5.74, 6) is 0.618. The van der Waals surface area contributed by atoms with Crippen molar-refractivity contribution in [1.29, 1.82) is 0 Å². The maximum Gasteiger partial charge on any atom is 0.284 e. The zero-order valence-corrected chi connectivity index (χ0v) is 14.1. The fourth-order valence-corrected chi connectivity index (χ4v) is 2.61. The Labute approximate surface area is 132 Å². The van der Waals surface area contributed by atoms with Gasteiger partial charge in [-0.25, -0.2) is 4.68 Å². The zero-order chi connectivity index (χ0) is 16.3. The lowest BCUT2D eigenvalue weighted by Gasteiger charge is -2.10. The second-order valence-corrected chi connectivity index (χ2v) is 5.69. The lowest BCUT2D eigenvalue weighted by atomic mass is 10.1. The molecule has 0 aliphatic carbocycles. The van der Waals surface area contributed by atoms with Crippen molar-refractivity contribution in [3.63, 3.8) is 0 Å². The van der Waals surface area contributed by atoms with E-state index >= 15 is 0 Å². The summed E-state index contributed by atoms with van der Waals surface area (Å²) >= 11 is 0. The molecule has 0 fully saturated rings. The highest BCUT2D eigenvalue weighted by Crippen LogP contribution is 2.21. The van der Waals surface area contributed by atoms with E-state index < -0.39 is 0 Å². The van der Waals surface area contributed by atoms with Gasteiger partial charge in [-0.05, 0) is 56.9 Å². The second-order valence-electron chi connectivity index (χ2n) is 5.69. The van der Waals surface area contributed by atoms with Gasteiger partial charge in [0.05, 0.1) is 5.69 Å². The predicted molar refractivity (Wildman–Crippen MR) is 87.7 cm³/mol. The summed E-state index contributed by atoms with van der Waals surface area (Å²) in [6.07, 6.45) is 1.99. The van der Waals surface area contributed by atoms with Gasteiger partial charge in [-0.2, -0.15) is 5.10 Å². The molecule has 0 N–H and O–H groups in total. The molecule has 1 aromatic heterocycles. The third-order valence-corrected chi connectivity index (χ3v) is 4.08. The summed E-state index contributed by atoms with van der Waals surface area (Å²) < 4.78 is 7.17. The second kappa shape index (κ2) is 6.77. The predicted octanol–water partition coefficient (Wildman–Crippen LogP) is 3.79. The van der Waals surface area contributed by atoms with Crippen molar-refractivity contribution in [2.45, 2.75) is 47.5 Å². The Kier molecular flexibility index (Phi) is 5.01. The van der Waals surface area contributed by atoms with Crippen LogP contribution in [0.1, 0.15) is 46.2 Å². The molecule has 0 spiro atoms. The van der Waals surface area contributed by atoms with Gasteiger partial charge in [-0.1, -0.05) is 25.5 Å². The number of carbonyl (C=O) groups excluding carboxylic acids is 1. The molecular weight excluding hydrogens is 276 g/mol. The Morgan fingerprint density at radius 3 is 2.64 bits per heavy atom. The quantitative estimate of drug-likeness (QED) is 0.844. The summed E-state index contributed by atoms with van der Waals surface area (Å²) in [6, 6.07) is 5.85. The highest BCUT2D eigenvalue weighted by Gasteiger charge is 2.16. The number of hydrogen-bond acceptors (Lipinski definition) is 3. The number of rotatable bonds is 5. The van der Waals surface area contributed by atoms with Crippen LogP contribution in [-0.2, 0) is 6.42 Å². The van der Waals surface area contributed by atoms with E-state index in [1.54, 1.807) is 0 Å². The van der Waals surface area contributed by atoms with Crippen LogP contribution < -0.4 is 4.74 Å². The van der Waals surface area contributed by atoms with Crippen molar-refractivity contribution in [3.8, 4) is 5.75 Å². The van der Waals surface area contributed by atoms with Gasteiger partial charge < -0.3 is 4.74 Å². The van der Waals surface area contributed by atoms with Gasteiger partial charge in [0.1, 0.15) is 5.75 Å². The topological polar surface area (TPSA) is 44.1 Å². The smallest absolute Gasteiger partial charge is 0.284 e. The van der Waals surface area contributed by atoms with Gasteiger partial charge in [0.15, 0.2) is 6.61 Å². The monoisotopic (exact) mass is 300 g/mol. The molecule has 0 bridgehead atoms. The molecule has 1 heterocycles. The zero-order valence-electron chi connectivity index (χ0n) is 14.1. The summed E-state index contributed by atoms with van der Waals surface area (Å²) in [7, 11) is 0. The molecule has 0 saturated carbocycles. The van der Waals surface area contributed by atoms with E-state index in [2.05, 4.69) is 12.0 Å². The third kappa shape index (κ3) is 3.21. The number of carbonyl (C=O) groups is 1. The number of aromatic nitrogens is 2. The lowest BCUT2D eigenvalue weighted by molar-refractivity contribution is 0.0817. The van der Waals surface area contributed by atoms with Crippen LogP contribution >= 0.6 is 0 Å². The molecule has 118 valence electrons. The van der Waals surface area contributed by atoms with Crippen LogP contribution in [0.4, 0.5) is 0 Å². The van der Waals surface area contributed by atoms with E-state index in [0.717, 1.165) is 41.1 Å². The Morgan fingerprint density at radius 2 is 1.95 bits per heavy atom. The van der Waals surface area contributed by atoms with E-state index in [9.17, 15) is 4.79 Å². The van der Waals surface area contributed by atoms with Crippen LogP contribution in [0, 0.1) is 27.7 Å². The third-order valence-electron chi connectivity index (χ3n) is 4.08. The van der Waals surface area contributed by atoms with Crippen LogP contribution in [-0.4, -0.2) is 22.3 Å². The molecular formula is C18H24N2O2. The standard InChI is InChI=1S/C18H24N2O2/c1-6-8-16-14(4)19-20(15(16)5)18(21)11-22-17-10-7-9-12(2)13(17)3/h7,9-10H,6,8,11H2,1-5H3. The first kappa shape index (κ1) is 16.3. The maximum atomic E-state index is 12.4. The molecule has 22 heavy (non-hydrogen) atoms. The molecule has 2 aromatic rings. The average molecular weight is 300 g/mol. The van der Waals surface area contributed by atoms with Crippen LogP contribution in [0.5, 0.6) is 5.75 Å². The lowest BCUT2D eigenvalue weighted by Crippen LogP contribution is -2.22. The van der Waals surface area contributed by atoms with E-state index in [1.165, 1.54) is 10.2 Å². The SMILES string of the molecule is CCCc1c(C)nn(C(=O)COc2cccc(C)c2C)c1C. The number of nitrogens with zero attached hydrogens (tertiary/aromatic N) is 2. The first-order valence-corrected chi connectivity index (χ1v) is 7.73. The maximum absolute atomic E-state index is 12.4. The van der Waals surface area contributed by atoms with E-state index in [0.29, 0.717) is 0 Å². The number of hydrogen-bond donors (Lipinski definition) is 0.